The van der Waals surface area contributed by atoms with Crippen molar-refractivity contribution in [3.63, 3.8) is 0 Å². The SMILES string of the molecule is C=C=COC(=O)c1cc(C(=O)O)cc(S(=O)(=O)O)c1. The normalized spacial score (nSPS) is 10.4. The van der Waals surface area contributed by atoms with E-state index in [4.69, 9.17) is 9.66 Å². The predicted molar refractivity (Wildman–Crippen MR) is 62.3 cm³/mol. The molecule has 0 aromatic heterocycles. The van der Waals surface area contributed by atoms with Crippen molar-refractivity contribution in [3.8, 4) is 0 Å². The van der Waals surface area contributed by atoms with Crippen LogP contribution in [0.25, 0.3) is 0 Å². The molecule has 0 heterocycles. The minimum absolute atomic E-state index is 0.348. The van der Waals surface area contributed by atoms with Crippen molar-refractivity contribution >= 4 is 22.1 Å². The van der Waals surface area contributed by atoms with Crippen molar-refractivity contribution in [2.24, 2.45) is 0 Å². The molecule has 0 aliphatic rings. The lowest BCUT2D eigenvalue weighted by molar-refractivity contribution is 0.0663. The van der Waals surface area contributed by atoms with Gasteiger partial charge in [0.2, 0.25) is 0 Å². The second kappa shape index (κ2) is 5.49. The fourth-order valence-corrected chi connectivity index (χ4v) is 1.70. The molecule has 0 radical (unpaired) electrons. The number of hydrogen-bond donors (Lipinski definition) is 2. The summed E-state index contributed by atoms with van der Waals surface area (Å²) >= 11 is 0. The Morgan fingerprint density at radius 2 is 1.84 bits per heavy atom. The number of carbonyl (C=O) groups is 2. The summed E-state index contributed by atoms with van der Waals surface area (Å²) < 4.78 is 35.3. The average Bonchev–Trinajstić information content (AvgIpc) is 2.34. The van der Waals surface area contributed by atoms with E-state index < -0.39 is 32.5 Å². The predicted octanol–water partition coefficient (Wildman–Crippen LogP) is 1.09. The highest BCUT2D eigenvalue weighted by Crippen LogP contribution is 2.16. The number of aromatic carboxylic acids is 1. The lowest BCUT2D eigenvalue weighted by Crippen LogP contribution is -2.08. The first kappa shape index (κ1) is 14.7. The molecule has 19 heavy (non-hydrogen) atoms. The molecule has 100 valence electrons. The van der Waals surface area contributed by atoms with Gasteiger partial charge in [0.05, 0.1) is 16.0 Å². The van der Waals surface area contributed by atoms with Crippen LogP contribution in [0.4, 0.5) is 0 Å². The van der Waals surface area contributed by atoms with E-state index in [9.17, 15) is 18.0 Å². The summed E-state index contributed by atoms with van der Waals surface area (Å²) in [6.07, 6.45) is 0.822. The van der Waals surface area contributed by atoms with Gasteiger partial charge >= 0.3 is 11.9 Å². The zero-order valence-electron chi connectivity index (χ0n) is 9.36. The van der Waals surface area contributed by atoms with Gasteiger partial charge < -0.3 is 9.84 Å². The van der Waals surface area contributed by atoms with E-state index in [0.29, 0.717) is 0 Å². The van der Waals surface area contributed by atoms with Crippen LogP contribution >= 0.6 is 0 Å². The average molecular weight is 284 g/mol. The largest absolute Gasteiger partial charge is 0.478 e. The maximum absolute atomic E-state index is 11.5. The van der Waals surface area contributed by atoms with Crippen LogP contribution in [0.2, 0.25) is 0 Å². The maximum Gasteiger partial charge on any atom is 0.343 e. The second-order valence-corrected chi connectivity index (χ2v) is 4.68. The molecule has 1 aromatic carbocycles. The monoisotopic (exact) mass is 284 g/mol. The summed E-state index contributed by atoms with van der Waals surface area (Å²) in [6, 6.07) is 2.43. The Morgan fingerprint density at radius 1 is 1.26 bits per heavy atom. The molecule has 0 atom stereocenters. The highest BCUT2D eigenvalue weighted by Gasteiger charge is 2.18. The van der Waals surface area contributed by atoms with E-state index >= 15 is 0 Å². The van der Waals surface area contributed by atoms with Crippen molar-refractivity contribution in [2.45, 2.75) is 4.90 Å². The van der Waals surface area contributed by atoms with Crippen LogP contribution in [0, 0.1) is 0 Å². The van der Waals surface area contributed by atoms with Crippen molar-refractivity contribution in [2.75, 3.05) is 0 Å². The Morgan fingerprint density at radius 3 is 2.32 bits per heavy atom. The number of benzene rings is 1. The zero-order valence-corrected chi connectivity index (χ0v) is 10.2. The summed E-state index contributed by atoms with van der Waals surface area (Å²) in [5.41, 5.74) is 1.32. The molecule has 0 aliphatic heterocycles. The molecule has 0 fully saturated rings. The van der Waals surface area contributed by atoms with E-state index in [1.165, 1.54) is 0 Å². The van der Waals surface area contributed by atoms with Crippen molar-refractivity contribution in [1.82, 2.24) is 0 Å². The van der Waals surface area contributed by atoms with E-state index in [-0.39, 0.29) is 5.56 Å². The van der Waals surface area contributed by atoms with Crippen LogP contribution in [0.5, 0.6) is 0 Å². The lowest BCUT2D eigenvalue weighted by atomic mass is 10.1. The molecule has 1 rings (SSSR count). The van der Waals surface area contributed by atoms with Gasteiger partial charge in [0.25, 0.3) is 10.1 Å². The fraction of sp³-hybridized carbons (Fsp3) is 0. The standard InChI is InChI=1S/C11H8O7S/c1-2-3-18-11(14)8-4-7(10(12)13)5-9(6-8)19(15,16)17/h3-6H,1H2,(H,12,13)(H,15,16,17). The quantitative estimate of drug-likeness (QED) is 0.367. The molecule has 0 saturated heterocycles. The fourth-order valence-electron chi connectivity index (χ4n) is 1.15. The molecule has 2 N–H and O–H groups in total. The molecule has 1 aromatic rings. The smallest absolute Gasteiger partial charge is 0.343 e. The second-order valence-electron chi connectivity index (χ2n) is 3.25. The number of carboxylic acid groups (broad SMARTS) is 1. The van der Waals surface area contributed by atoms with Crippen molar-refractivity contribution < 1.29 is 32.4 Å². The zero-order chi connectivity index (χ0) is 14.6. The van der Waals surface area contributed by atoms with Gasteiger partial charge in [-0.2, -0.15) is 8.42 Å². The van der Waals surface area contributed by atoms with Crippen LogP contribution in [0.3, 0.4) is 0 Å². The highest BCUT2D eigenvalue weighted by molar-refractivity contribution is 7.85. The van der Waals surface area contributed by atoms with Gasteiger partial charge in [-0.25, -0.2) is 9.59 Å². The number of esters is 1. The van der Waals surface area contributed by atoms with Gasteiger partial charge in [-0.3, -0.25) is 4.55 Å². The topological polar surface area (TPSA) is 118 Å². The molecule has 0 aliphatic carbocycles. The summed E-state index contributed by atoms with van der Waals surface area (Å²) in [5.74, 6) is -2.47. The minimum Gasteiger partial charge on any atom is -0.478 e. The van der Waals surface area contributed by atoms with Crippen LogP contribution in [0.1, 0.15) is 20.7 Å². The van der Waals surface area contributed by atoms with E-state index in [1.807, 2.05) is 0 Å². The van der Waals surface area contributed by atoms with E-state index in [2.05, 4.69) is 17.0 Å². The Balaban J connectivity index is 3.40. The number of hydrogen-bond acceptors (Lipinski definition) is 5. The van der Waals surface area contributed by atoms with Crippen LogP contribution in [-0.4, -0.2) is 30.0 Å². The first-order valence-electron chi connectivity index (χ1n) is 4.67. The Hall–Kier alpha value is -2.41. The molecule has 0 saturated carbocycles. The molecule has 0 unspecified atom stereocenters. The van der Waals surface area contributed by atoms with Crippen LogP contribution in [0.15, 0.2) is 41.7 Å². The third-order valence-electron chi connectivity index (χ3n) is 1.94. The van der Waals surface area contributed by atoms with Gasteiger partial charge in [0.1, 0.15) is 6.26 Å². The number of carbonyl (C=O) groups excluding carboxylic acids is 1. The summed E-state index contributed by atoms with van der Waals surface area (Å²) in [6.45, 7) is 3.14. The first-order chi connectivity index (χ1) is 8.75. The molecule has 0 bridgehead atoms. The lowest BCUT2D eigenvalue weighted by Gasteiger charge is -2.04. The van der Waals surface area contributed by atoms with E-state index in [0.717, 1.165) is 24.5 Å². The van der Waals surface area contributed by atoms with Crippen molar-refractivity contribution in [1.29, 1.82) is 0 Å². The summed E-state index contributed by atoms with van der Waals surface area (Å²) in [5, 5.41) is 8.80. The molecular weight excluding hydrogens is 276 g/mol. The Labute approximate surface area is 108 Å². The first-order valence-corrected chi connectivity index (χ1v) is 6.11. The van der Waals surface area contributed by atoms with Gasteiger partial charge in [0.15, 0.2) is 0 Å². The number of ether oxygens (including phenoxy) is 1. The highest BCUT2D eigenvalue weighted by atomic mass is 32.2. The third kappa shape index (κ3) is 3.78. The van der Waals surface area contributed by atoms with Gasteiger partial charge in [-0.15, -0.1) is 0 Å². The molecule has 0 amide bonds. The van der Waals surface area contributed by atoms with Crippen LogP contribution in [-0.2, 0) is 14.9 Å². The van der Waals surface area contributed by atoms with Gasteiger partial charge in [0, 0.05) is 0 Å². The van der Waals surface area contributed by atoms with Gasteiger partial charge in [-0.1, -0.05) is 12.3 Å². The third-order valence-corrected chi connectivity index (χ3v) is 2.77. The molecular formula is C11H8O7S. The minimum atomic E-state index is -4.64. The maximum atomic E-state index is 11.5. The van der Waals surface area contributed by atoms with Crippen LogP contribution < -0.4 is 0 Å². The van der Waals surface area contributed by atoms with E-state index in [1.54, 1.807) is 0 Å². The van der Waals surface area contributed by atoms with Crippen molar-refractivity contribution in [3.05, 3.63) is 47.9 Å². The molecule has 8 heteroatoms. The Kier molecular flexibility index (Phi) is 4.23. The summed E-state index contributed by atoms with van der Waals surface area (Å²) in [7, 11) is -4.64. The Bertz CT molecular complexity index is 681. The molecule has 0 spiro atoms. The number of carboxylic acids is 1. The van der Waals surface area contributed by atoms with Gasteiger partial charge in [-0.05, 0) is 18.2 Å². The summed E-state index contributed by atoms with van der Waals surface area (Å²) in [4.78, 5) is 21.6. The molecule has 7 nitrogen and oxygen atoms in total. The number of rotatable bonds is 4.